The molecule has 2 rings (SSSR count). The number of ether oxygens (including phenoxy) is 1. The second-order valence-electron chi connectivity index (χ2n) is 5.36. The molecule has 0 aromatic heterocycles. The van der Waals surface area contributed by atoms with E-state index < -0.39 is 16.0 Å². The van der Waals surface area contributed by atoms with Crippen LogP contribution in [0, 0.1) is 0 Å². The number of benzene rings is 2. The van der Waals surface area contributed by atoms with Gasteiger partial charge in [-0.2, -0.15) is 0 Å². The zero-order valence-corrected chi connectivity index (χ0v) is 15.9. The van der Waals surface area contributed by atoms with Crippen LogP contribution in [0.15, 0.2) is 41.3 Å². The number of anilines is 1. The van der Waals surface area contributed by atoms with Gasteiger partial charge < -0.3 is 4.74 Å². The van der Waals surface area contributed by atoms with E-state index in [1.54, 1.807) is 24.3 Å². The summed E-state index contributed by atoms with van der Waals surface area (Å²) in [7, 11) is -2.78. The molecule has 0 radical (unpaired) electrons. The number of rotatable bonds is 6. The highest BCUT2D eigenvalue weighted by atomic mass is 35.5. The lowest BCUT2D eigenvalue weighted by atomic mass is 10.0. The molecule has 134 valence electrons. The Kier molecular flexibility index (Phi) is 6.08. The number of carbonyl (C=O) groups is 1. The zero-order valence-electron chi connectivity index (χ0n) is 14.3. The molecular formula is C18H20ClNO4S. The molecule has 0 amide bonds. The minimum atomic E-state index is -3.99. The molecule has 0 heterocycles. The number of hydrogen-bond donors (Lipinski definition) is 1. The smallest absolute Gasteiger partial charge is 0.339 e. The second-order valence-corrected chi connectivity index (χ2v) is 7.42. The Bertz CT molecular complexity index is 894. The SMILES string of the molecule is CCc1ccc(Cl)c(CC)c1NS(=O)(=O)c1ccccc1C(=O)OC. The molecular weight excluding hydrogens is 362 g/mol. The predicted octanol–water partition coefficient (Wildman–Crippen LogP) is 4.05. The number of carbonyl (C=O) groups excluding carboxylic acids is 1. The van der Waals surface area contributed by atoms with Crippen LogP contribution in [0.1, 0.15) is 35.3 Å². The molecule has 7 heteroatoms. The highest BCUT2D eigenvalue weighted by Gasteiger charge is 2.24. The molecule has 1 N–H and O–H groups in total. The molecule has 0 bridgehead atoms. The number of sulfonamides is 1. The van der Waals surface area contributed by atoms with Crippen molar-refractivity contribution in [2.24, 2.45) is 0 Å². The van der Waals surface area contributed by atoms with E-state index in [9.17, 15) is 13.2 Å². The van der Waals surface area contributed by atoms with E-state index >= 15 is 0 Å². The summed E-state index contributed by atoms with van der Waals surface area (Å²) in [5, 5.41) is 0.499. The number of halogens is 1. The molecule has 0 saturated heterocycles. The highest BCUT2D eigenvalue weighted by Crippen LogP contribution is 2.32. The summed E-state index contributed by atoms with van der Waals surface area (Å²) in [4.78, 5) is 11.8. The Labute approximate surface area is 153 Å². The average molecular weight is 382 g/mol. The third kappa shape index (κ3) is 3.96. The topological polar surface area (TPSA) is 72.5 Å². The Morgan fingerprint density at radius 2 is 1.80 bits per heavy atom. The maximum atomic E-state index is 12.9. The molecule has 2 aromatic rings. The van der Waals surface area contributed by atoms with Crippen molar-refractivity contribution in [1.29, 1.82) is 0 Å². The van der Waals surface area contributed by atoms with Crippen molar-refractivity contribution in [2.75, 3.05) is 11.8 Å². The molecule has 2 aromatic carbocycles. The molecule has 0 aliphatic rings. The highest BCUT2D eigenvalue weighted by molar-refractivity contribution is 7.92. The van der Waals surface area contributed by atoms with Gasteiger partial charge in [0.2, 0.25) is 0 Å². The Hall–Kier alpha value is -2.05. The van der Waals surface area contributed by atoms with E-state index in [2.05, 4.69) is 9.46 Å². The van der Waals surface area contributed by atoms with Crippen LogP contribution >= 0.6 is 11.6 Å². The minimum absolute atomic E-state index is 0.0179. The third-order valence-electron chi connectivity index (χ3n) is 3.89. The van der Waals surface area contributed by atoms with Crippen molar-refractivity contribution >= 4 is 33.3 Å². The van der Waals surface area contributed by atoms with E-state index in [1.807, 2.05) is 13.8 Å². The summed E-state index contributed by atoms with van der Waals surface area (Å²) in [6, 6.07) is 9.49. The summed E-state index contributed by atoms with van der Waals surface area (Å²) < 4.78 is 33.1. The van der Waals surface area contributed by atoms with E-state index in [4.69, 9.17) is 11.6 Å². The first kappa shape index (κ1) is 19.3. The largest absolute Gasteiger partial charge is 0.465 e. The van der Waals surface area contributed by atoms with Gasteiger partial charge in [0.15, 0.2) is 0 Å². The van der Waals surface area contributed by atoms with Crippen LogP contribution in [-0.4, -0.2) is 21.5 Å². The Morgan fingerprint density at radius 1 is 1.12 bits per heavy atom. The summed E-state index contributed by atoms with van der Waals surface area (Å²) in [6.45, 7) is 3.84. The molecule has 0 atom stereocenters. The lowest BCUT2D eigenvalue weighted by molar-refractivity contribution is 0.0596. The average Bonchev–Trinajstić information content (AvgIpc) is 2.61. The summed E-state index contributed by atoms with van der Waals surface area (Å²) in [6.07, 6.45) is 1.21. The molecule has 0 aliphatic carbocycles. The quantitative estimate of drug-likeness (QED) is 0.766. The third-order valence-corrected chi connectivity index (χ3v) is 5.66. The first-order chi connectivity index (χ1) is 11.9. The van der Waals surface area contributed by atoms with Crippen molar-refractivity contribution in [3.63, 3.8) is 0 Å². The van der Waals surface area contributed by atoms with Gasteiger partial charge in [-0.1, -0.05) is 43.6 Å². The number of hydrogen-bond acceptors (Lipinski definition) is 4. The molecule has 0 unspecified atom stereocenters. The van der Waals surface area contributed by atoms with Gasteiger partial charge in [0.05, 0.1) is 18.4 Å². The fourth-order valence-corrected chi connectivity index (χ4v) is 4.23. The monoisotopic (exact) mass is 381 g/mol. The van der Waals surface area contributed by atoms with Crippen molar-refractivity contribution in [3.05, 3.63) is 58.1 Å². The van der Waals surface area contributed by atoms with E-state index in [-0.39, 0.29) is 10.5 Å². The Balaban J connectivity index is 2.59. The van der Waals surface area contributed by atoms with E-state index in [0.29, 0.717) is 23.6 Å². The first-order valence-corrected chi connectivity index (χ1v) is 9.72. The van der Waals surface area contributed by atoms with Crippen molar-refractivity contribution in [2.45, 2.75) is 31.6 Å². The van der Waals surface area contributed by atoms with E-state index in [1.165, 1.54) is 19.2 Å². The number of aryl methyl sites for hydroxylation is 1. The molecule has 5 nitrogen and oxygen atoms in total. The van der Waals surface area contributed by atoms with Crippen molar-refractivity contribution in [1.82, 2.24) is 0 Å². The zero-order chi connectivity index (χ0) is 18.6. The number of esters is 1. The first-order valence-electron chi connectivity index (χ1n) is 7.86. The van der Waals surface area contributed by atoms with E-state index in [0.717, 1.165) is 11.1 Å². The van der Waals surface area contributed by atoms with Crippen LogP contribution in [0.25, 0.3) is 0 Å². The molecule has 25 heavy (non-hydrogen) atoms. The van der Waals surface area contributed by atoms with Crippen LogP contribution in [0.2, 0.25) is 5.02 Å². The number of methoxy groups -OCH3 is 1. The van der Waals surface area contributed by atoms with Crippen molar-refractivity contribution < 1.29 is 17.9 Å². The molecule has 0 aliphatic heterocycles. The maximum Gasteiger partial charge on any atom is 0.339 e. The molecule has 0 spiro atoms. The van der Waals surface area contributed by atoms with Crippen LogP contribution < -0.4 is 4.72 Å². The van der Waals surface area contributed by atoms with Crippen LogP contribution in [0.5, 0.6) is 0 Å². The Morgan fingerprint density at radius 3 is 2.40 bits per heavy atom. The van der Waals surface area contributed by atoms with Crippen LogP contribution in [-0.2, 0) is 27.6 Å². The standard InChI is InChI=1S/C18H20ClNO4S/c1-4-12-10-11-15(19)13(5-2)17(12)20-25(22,23)16-9-7-6-8-14(16)18(21)24-3/h6-11,20H,4-5H2,1-3H3. The van der Waals surface area contributed by atoms with Gasteiger partial charge in [-0.15, -0.1) is 0 Å². The van der Waals surface area contributed by atoms with Crippen LogP contribution in [0.3, 0.4) is 0 Å². The lowest BCUT2D eigenvalue weighted by Crippen LogP contribution is -2.19. The summed E-state index contributed by atoms with van der Waals surface area (Å²) in [5.74, 6) is -0.710. The second kappa shape index (κ2) is 7.89. The van der Waals surface area contributed by atoms with Crippen molar-refractivity contribution in [3.8, 4) is 0 Å². The van der Waals surface area contributed by atoms with Gasteiger partial charge >= 0.3 is 5.97 Å². The van der Waals surface area contributed by atoms with Gasteiger partial charge in [0, 0.05) is 5.02 Å². The normalized spacial score (nSPS) is 11.2. The predicted molar refractivity (Wildman–Crippen MR) is 98.8 cm³/mol. The summed E-state index contributed by atoms with van der Waals surface area (Å²) >= 11 is 6.23. The van der Waals surface area contributed by atoms with Gasteiger partial charge in [-0.25, -0.2) is 13.2 Å². The number of nitrogens with one attached hydrogen (secondary N) is 1. The summed E-state index contributed by atoms with van der Waals surface area (Å²) in [5.41, 5.74) is 2.01. The van der Waals surface area contributed by atoms with Gasteiger partial charge in [-0.3, -0.25) is 4.72 Å². The van der Waals surface area contributed by atoms with Gasteiger partial charge in [0.1, 0.15) is 4.90 Å². The molecule has 0 saturated carbocycles. The lowest BCUT2D eigenvalue weighted by Gasteiger charge is -2.18. The van der Waals surface area contributed by atoms with Gasteiger partial charge in [-0.05, 0) is 42.2 Å². The fraction of sp³-hybridized carbons (Fsp3) is 0.278. The minimum Gasteiger partial charge on any atom is -0.465 e. The van der Waals surface area contributed by atoms with Gasteiger partial charge in [0.25, 0.3) is 10.0 Å². The fourth-order valence-electron chi connectivity index (χ4n) is 2.61. The maximum absolute atomic E-state index is 12.9. The van der Waals surface area contributed by atoms with Crippen LogP contribution in [0.4, 0.5) is 5.69 Å². The molecule has 0 fully saturated rings.